The molecule has 0 saturated carbocycles. The van der Waals surface area contributed by atoms with Gasteiger partial charge in [-0.15, -0.1) is 0 Å². The monoisotopic (exact) mass is 596 g/mol. The number of rotatable bonds is 13. The second-order valence-corrected chi connectivity index (χ2v) is 7.52. The molecule has 20 heteroatoms. The summed E-state index contributed by atoms with van der Waals surface area (Å²) in [7, 11) is 1.62. The highest BCUT2D eigenvalue weighted by atomic mass is 32.1. The van der Waals surface area contributed by atoms with Crippen LogP contribution in [0.25, 0.3) is 0 Å². The Kier molecular flexibility index (Phi) is 14.6. The Morgan fingerprint density at radius 3 is 1.51 bits per heavy atom. The fraction of sp³-hybridized carbons (Fsp3) is 0.765. The Labute approximate surface area is 216 Å². The molecule has 0 aliphatic carbocycles. The lowest BCUT2D eigenvalue weighted by Crippen LogP contribution is -2.68. The highest BCUT2D eigenvalue weighted by Gasteiger charge is 2.85. The number of thiocarbonyl (C=S) groups is 2. The molecule has 0 rings (SSSR count). The summed E-state index contributed by atoms with van der Waals surface area (Å²) in [6.45, 7) is 0.453. The molecule has 0 unspecified atom stereocenters. The minimum Gasteiger partial charge on any atom is -0.377 e. The van der Waals surface area contributed by atoms with Crippen LogP contribution in [0, 0.1) is 0 Å². The molecule has 0 bridgehead atoms. The van der Waals surface area contributed by atoms with E-state index in [1.807, 2.05) is 0 Å². The highest BCUT2D eigenvalue weighted by Crippen LogP contribution is 2.54. The zero-order chi connectivity index (χ0) is 28.9. The minimum absolute atomic E-state index is 0.0512. The zero-order valence-electron chi connectivity index (χ0n) is 19.6. The van der Waals surface area contributed by atoms with Crippen LogP contribution in [0.1, 0.15) is 13.8 Å². The van der Waals surface area contributed by atoms with Crippen molar-refractivity contribution in [3.05, 3.63) is 0 Å². The summed E-state index contributed by atoms with van der Waals surface area (Å²) in [5.41, 5.74) is -0.188. The minimum atomic E-state index is -6.79. The quantitative estimate of drug-likeness (QED) is 0.0841. The molecule has 4 N–H and O–H groups in total. The van der Waals surface area contributed by atoms with Gasteiger partial charge in [0, 0.05) is 13.6 Å². The van der Waals surface area contributed by atoms with Crippen LogP contribution in [-0.4, -0.2) is 92.4 Å². The normalized spacial score (nSPS) is 13.8. The van der Waals surface area contributed by atoms with Crippen molar-refractivity contribution in [2.45, 2.75) is 38.0 Å². The number of nitrogens with one attached hydrogen (secondary N) is 4. The van der Waals surface area contributed by atoms with Crippen LogP contribution in [0.5, 0.6) is 0 Å². The molecule has 0 amide bonds. The van der Waals surface area contributed by atoms with Crippen molar-refractivity contribution in [2.24, 2.45) is 10.2 Å². The molecule has 9 nitrogen and oxygen atoms in total. The Morgan fingerprint density at radius 2 is 1.08 bits per heavy atom. The average molecular weight is 597 g/mol. The van der Waals surface area contributed by atoms with Crippen molar-refractivity contribution < 1.29 is 53.7 Å². The molecule has 0 fully saturated rings. The van der Waals surface area contributed by atoms with E-state index in [4.69, 9.17) is 29.2 Å². The number of halogens is 9. The van der Waals surface area contributed by atoms with Gasteiger partial charge in [0.2, 0.25) is 0 Å². The maximum absolute atomic E-state index is 12.7. The van der Waals surface area contributed by atoms with Gasteiger partial charge < -0.3 is 24.8 Å². The molecule has 0 aliphatic heterocycles. The topological polar surface area (TPSA) is 101 Å². The summed E-state index contributed by atoms with van der Waals surface area (Å²) < 4.78 is 127. The van der Waals surface area contributed by atoms with Gasteiger partial charge in [-0.2, -0.15) is 49.7 Å². The number of ether oxygens (including phenoxy) is 3. The van der Waals surface area contributed by atoms with E-state index in [1.54, 1.807) is 20.9 Å². The number of hydrogen-bond acceptors (Lipinski definition) is 7. The van der Waals surface area contributed by atoms with Gasteiger partial charge in [-0.3, -0.25) is 10.9 Å². The predicted octanol–water partition coefficient (Wildman–Crippen LogP) is 2.77. The van der Waals surface area contributed by atoms with Crippen LogP contribution in [-0.2, 0) is 14.2 Å². The largest absolute Gasteiger partial charge is 0.435 e. The molecule has 216 valence electrons. The van der Waals surface area contributed by atoms with Gasteiger partial charge in [0.25, 0.3) is 0 Å². The van der Waals surface area contributed by atoms with Crippen molar-refractivity contribution >= 4 is 46.1 Å². The lowest BCUT2D eigenvalue weighted by Gasteiger charge is -2.37. The molecule has 0 aromatic heterocycles. The van der Waals surface area contributed by atoms with Crippen molar-refractivity contribution in [3.8, 4) is 0 Å². The molecule has 0 atom stereocenters. The van der Waals surface area contributed by atoms with Crippen LogP contribution in [0.2, 0.25) is 0 Å². The Bertz CT molecular complexity index is 769. The fourth-order valence-electron chi connectivity index (χ4n) is 2.07. The third-order valence-electron chi connectivity index (χ3n) is 4.05. The van der Waals surface area contributed by atoms with E-state index in [-0.39, 0.29) is 31.5 Å². The van der Waals surface area contributed by atoms with Gasteiger partial charge >= 0.3 is 24.1 Å². The lowest BCUT2D eigenvalue weighted by molar-refractivity contribution is -0.457. The molecule has 0 radical (unpaired) electrons. The molecule has 0 aromatic carbocycles. The summed E-state index contributed by atoms with van der Waals surface area (Å²) in [6, 6.07) is 0. The standard InChI is InChI=1S/C17H25F9N6O3S2/c1-10(29-31-12(36)27-3)11(2)30-32-13(37)28-4-5-33-6-7-34-8-9-35-14(15(18,19)20,16(21,22)23)17(24,25)26/h4-9H2,1-3H3,(H2,27,31,36)(H2,28,32,37)/b29-10+,30-11+. The van der Waals surface area contributed by atoms with E-state index >= 15 is 0 Å². The number of nitrogens with zero attached hydrogens (tertiary/aromatic N) is 2. The second kappa shape index (κ2) is 15.4. The van der Waals surface area contributed by atoms with E-state index < -0.39 is 37.3 Å². The maximum Gasteiger partial charge on any atom is 0.435 e. The third kappa shape index (κ3) is 11.5. The number of alkyl halides is 9. The third-order valence-corrected chi connectivity index (χ3v) is 4.58. The Morgan fingerprint density at radius 1 is 0.676 bits per heavy atom. The summed E-state index contributed by atoms with van der Waals surface area (Å²) in [5.74, 6) is 0. The number of hydrazone groups is 2. The molecule has 0 spiro atoms. The van der Waals surface area contributed by atoms with Crippen LogP contribution >= 0.6 is 24.4 Å². The van der Waals surface area contributed by atoms with Gasteiger partial charge in [0.05, 0.1) is 44.5 Å². The van der Waals surface area contributed by atoms with Gasteiger partial charge in [-0.05, 0) is 38.3 Å². The molecule has 0 saturated heterocycles. The smallest absolute Gasteiger partial charge is 0.377 e. The SMILES string of the molecule is CNC(=S)N/N=C(C)/C(C)=N/NC(=S)NCCOCCOCCOC(C(F)(F)F)(C(F)(F)F)C(F)(F)F. The molecular weight excluding hydrogens is 571 g/mol. The first-order chi connectivity index (χ1) is 16.9. The first-order valence-corrected chi connectivity index (χ1v) is 10.8. The van der Waals surface area contributed by atoms with E-state index in [2.05, 4.69) is 41.2 Å². The molecule has 0 heterocycles. The zero-order valence-corrected chi connectivity index (χ0v) is 21.2. The average Bonchev–Trinajstić information content (AvgIpc) is 2.76. The molecular formula is C17H25F9N6O3S2. The second-order valence-electron chi connectivity index (χ2n) is 6.70. The van der Waals surface area contributed by atoms with Gasteiger partial charge in [-0.25, -0.2) is 0 Å². The summed E-state index contributed by atoms with van der Waals surface area (Å²) >= 11 is 9.86. The lowest BCUT2D eigenvalue weighted by atomic mass is 10.0. The van der Waals surface area contributed by atoms with Crippen molar-refractivity contribution in [1.82, 2.24) is 21.5 Å². The van der Waals surface area contributed by atoms with Crippen molar-refractivity contribution in [1.29, 1.82) is 0 Å². The summed E-state index contributed by atoms with van der Waals surface area (Å²) in [5, 5.41) is 13.8. The number of hydrogen-bond donors (Lipinski definition) is 4. The maximum atomic E-state index is 12.7. The van der Waals surface area contributed by atoms with E-state index in [0.29, 0.717) is 16.5 Å². The Balaban J connectivity index is 4.26. The van der Waals surface area contributed by atoms with Gasteiger partial charge in [0.1, 0.15) is 0 Å². The fourth-order valence-corrected chi connectivity index (χ4v) is 2.26. The summed E-state index contributed by atoms with van der Waals surface area (Å²) in [4.78, 5) is 0. The first kappa shape index (κ1) is 35.0. The van der Waals surface area contributed by atoms with Crippen LogP contribution in [0.15, 0.2) is 10.2 Å². The van der Waals surface area contributed by atoms with E-state index in [1.165, 1.54) is 0 Å². The molecule has 37 heavy (non-hydrogen) atoms. The predicted molar refractivity (Wildman–Crippen MR) is 123 cm³/mol. The van der Waals surface area contributed by atoms with Crippen LogP contribution < -0.4 is 21.5 Å². The van der Waals surface area contributed by atoms with E-state index in [9.17, 15) is 39.5 Å². The van der Waals surface area contributed by atoms with Crippen LogP contribution in [0.3, 0.4) is 0 Å². The van der Waals surface area contributed by atoms with E-state index in [0.717, 1.165) is 0 Å². The van der Waals surface area contributed by atoms with Crippen LogP contribution in [0.4, 0.5) is 39.5 Å². The van der Waals surface area contributed by atoms with Gasteiger partial charge in [0.15, 0.2) is 10.2 Å². The molecule has 0 aliphatic rings. The van der Waals surface area contributed by atoms with Crippen molar-refractivity contribution in [3.63, 3.8) is 0 Å². The van der Waals surface area contributed by atoms with Gasteiger partial charge in [-0.1, -0.05) is 0 Å². The summed E-state index contributed by atoms with van der Waals surface area (Å²) in [6.07, 6.45) is -20.4. The molecule has 0 aromatic rings. The Hall–Kier alpha value is -2.03. The highest BCUT2D eigenvalue weighted by molar-refractivity contribution is 7.80. The first-order valence-electron chi connectivity index (χ1n) is 10.0. The van der Waals surface area contributed by atoms with Crippen molar-refractivity contribution in [2.75, 3.05) is 46.6 Å².